The third-order valence-corrected chi connectivity index (χ3v) is 7.06. The van der Waals surface area contributed by atoms with E-state index in [1.807, 2.05) is 35.7 Å². The number of hydrogen-bond donors (Lipinski definition) is 1. The van der Waals surface area contributed by atoms with E-state index in [9.17, 15) is 4.79 Å². The summed E-state index contributed by atoms with van der Waals surface area (Å²) in [6, 6.07) is 20.4. The Labute approximate surface area is 228 Å². The number of aromatic nitrogens is 2. The van der Waals surface area contributed by atoms with E-state index < -0.39 is 0 Å². The zero-order chi connectivity index (χ0) is 26.7. The molecule has 2 aromatic carbocycles. The normalized spacial score (nSPS) is 10.9. The molecule has 0 aliphatic rings. The summed E-state index contributed by atoms with van der Waals surface area (Å²) in [5.74, 6) is 1.30. The van der Waals surface area contributed by atoms with Crippen LogP contribution in [-0.4, -0.2) is 48.1 Å². The van der Waals surface area contributed by atoms with Crippen LogP contribution < -0.4 is 14.8 Å². The van der Waals surface area contributed by atoms with Crippen molar-refractivity contribution >= 4 is 17.2 Å². The van der Waals surface area contributed by atoms with E-state index >= 15 is 0 Å². The number of carbonyl (C=O) groups excluding carboxylic acids is 1. The second-order valence-corrected chi connectivity index (χ2v) is 10.0. The predicted octanol–water partition coefficient (Wildman–Crippen LogP) is 5.08. The number of hydrogen-bond acceptors (Lipinski definition) is 7. The Balaban J connectivity index is 1.39. The van der Waals surface area contributed by atoms with Gasteiger partial charge < -0.3 is 14.8 Å². The number of ether oxygens (including phenoxy) is 2. The average Bonchev–Trinajstić information content (AvgIpc) is 3.42. The number of rotatable bonds is 13. The number of thiazole rings is 1. The molecule has 0 aliphatic heterocycles. The largest absolute Gasteiger partial charge is 0.493 e. The van der Waals surface area contributed by atoms with Crippen LogP contribution in [0, 0.1) is 6.92 Å². The topological polar surface area (TPSA) is 76.6 Å². The predicted molar refractivity (Wildman–Crippen MR) is 151 cm³/mol. The SMILES string of the molecule is COc1ccc(CCN(Cc2ccc(C)cc2)Cc2nc(C(=O)NCCc3ccccn3)cs2)cc1OC. The first-order chi connectivity index (χ1) is 18.5. The van der Waals surface area contributed by atoms with Crippen LogP contribution in [0.15, 0.2) is 72.2 Å². The van der Waals surface area contributed by atoms with Crippen LogP contribution in [0.3, 0.4) is 0 Å². The van der Waals surface area contributed by atoms with Gasteiger partial charge in [0, 0.05) is 43.3 Å². The van der Waals surface area contributed by atoms with Crippen molar-refractivity contribution in [2.24, 2.45) is 0 Å². The summed E-state index contributed by atoms with van der Waals surface area (Å²) in [6.45, 7) is 4.89. The summed E-state index contributed by atoms with van der Waals surface area (Å²) in [5.41, 5.74) is 5.06. The molecule has 0 aliphatic carbocycles. The van der Waals surface area contributed by atoms with Crippen LogP contribution in [0.4, 0.5) is 0 Å². The van der Waals surface area contributed by atoms with Gasteiger partial charge >= 0.3 is 0 Å². The van der Waals surface area contributed by atoms with Gasteiger partial charge in [-0.2, -0.15) is 0 Å². The number of benzene rings is 2. The third-order valence-electron chi connectivity index (χ3n) is 6.23. The van der Waals surface area contributed by atoms with Crippen molar-refractivity contribution in [2.75, 3.05) is 27.3 Å². The molecule has 0 atom stereocenters. The molecule has 1 N–H and O–H groups in total. The van der Waals surface area contributed by atoms with E-state index in [-0.39, 0.29) is 5.91 Å². The fourth-order valence-electron chi connectivity index (χ4n) is 4.11. The molecular formula is C30H34N4O3S. The van der Waals surface area contributed by atoms with Gasteiger partial charge in [-0.1, -0.05) is 42.0 Å². The lowest BCUT2D eigenvalue weighted by Crippen LogP contribution is -2.27. The highest BCUT2D eigenvalue weighted by atomic mass is 32.1. The molecule has 198 valence electrons. The highest BCUT2D eigenvalue weighted by Crippen LogP contribution is 2.28. The lowest BCUT2D eigenvalue weighted by molar-refractivity contribution is 0.0949. The van der Waals surface area contributed by atoms with Crippen molar-refractivity contribution in [1.29, 1.82) is 0 Å². The molecule has 0 saturated heterocycles. The van der Waals surface area contributed by atoms with Gasteiger partial charge in [0.2, 0.25) is 0 Å². The fourth-order valence-corrected chi connectivity index (χ4v) is 4.92. The molecule has 0 fully saturated rings. The molecule has 7 nitrogen and oxygen atoms in total. The summed E-state index contributed by atoms with van der Waals surface area (Å²) < 4.78 is 10.9. The highest BCUT2D eigenvalue weighted by Gasteiger charge is 2.15. The molecule has 8 heteroatoms. The van der Waals surface area contributed by atoms with Crippen molar-refractivity contribution in [2.45, 2.75) is 32.9 Å². The third kappa shape index (κ3) is 7.87. The Kier molecular flexibility index (Phi) is 9.84. The van der Waals surface area contributed by atoms with Gasteiger partial charge in [-0.05, 0) is 48.7 Å². The quantitative estimate of drug-likeness (QED) is 0.260. The first kappa shape index (κ1) is 27.3. The summed E-state index contributed by atoms with van der Waals surface area (Å²) in [4.78, 5) is 24.0. The molecule has 0 unspecified atom stereocenters. The second kappa shape index (κ2) is 13.7. The number of aryl methyl sites for hydroxylation is 1. The van der Waals surface area contributed by atoms with Crippen LogP contribution in [0.25, 0.3) is 0 Å². The van der Waals surface area contributed by atoms with Gasteiger partial charge in [-0.25, -0.2) is 4.98 Å². The Morgan fingerprint density at radius 1 is 0.947 bits per heavy atom. The molecule has 0 bridgehead atoms. The van der Waals surface area contributed by atoms with Gasteiger partial charge in [-0.3, -0.25) is 14.7 Å². The summed E-state index contributed by atoms with van der Waals surface area (Å²) >= 11 is 1.52. The van der Waals surface area contributed by atoms with Crippen LogP contribution >= 0.6 is 11.3 Å². The van der Waals surface area contributed by atoms with E-state index in [1.165, 1.54) is 28.0 Å². The maximum Gasteiger partial charge on any atom is 0.270 e. The molecule has 1 amide bonds. The minimum absolute atomic E-state index is 0.154. The van der Waals surface area contributed by atoms with Gasteiger partial charge in [0.1, 0.15) is 10.7 Å². The minimum atomic E-state index is -0.154. The molecule has 0 spiro atoms. The smallest absolute Gasteiger partial charge is 0.270 e. The molecule has 0 saturated carbocycles. The van der Waals surface area contributed by atoms with Crippen molar-refractivity contribution < 1.29 is 14.3 Å². The van der Waals surface area contributed by atoms with E-state index in [0.29, 0.717) is 25.2 Å². The molecular weight excluding hydrogens is 496 g/mol. The lowest BCUT2D eigenvalue weighted by atomic mass is 10.1. The molecule has 38 heavy (non-hydrogen) atoms. The average molecular weight is 531 g/mol. The van der Waals surface area contributed by atoms with Crippen LogP contribution in [0.1, 0.15) is 37.9 Å². The van der Waals surface area contributed by atoms with E-state index in [1.54, 1.807) is 20.4 Å². The van der Waals surface area contributed by atoms with Crippen LogP contribution in [0.5, 0.6) is 11.5 Å². The highest BCUT2D eigenvalue weighted by molar-refractivity contribution is 7.09. The van der Waals surface area contributed by atoms with Gasteiger partial charge in [0.05, 0.1) is 20.8 Å². The summed E-state index contributed by atoms with van der Waals surface area (Å²) in [6.07, 6.45) is 3.29. The molecule has 2 aromatic heterocycles. The second-order valence-electron chi connectivity index (χ2n) is 9.09. The fraction of sp³-hybridized carbons (Fsp3) is 0.300. The summed E-state index contributed by atoms with van der Waals surface area (Å²) in [7, 11) is 3.30. The van der Waals surface area contributed by atoms with Gasteiger partial charge in [0.25, 0.3) is 5.91 Å². The maximum absolute atomic E-state index is 12.7. The lowest BCUT2D eigenvalue weighted by Gasteiger charge is -2.22. The number of nitrogens with one attached hydrogen (secondary N) is 1. The first-order valence-electron chi connectivity index (χ1n) is 12.7. The summed E-state index contributed by atoms with van der Waals surface area (Å²) in [5, 5.41) is 5.71. The molecule has 2 heterocycles. The zero-order valence-corrected chi connectivity index (χ0v) is 23.0. The molecule has 0 radical (unpaired) electrons. The Morgan fingerprint density at radius 3 is 2.47 bits per heavy atom. The number of amides is 1. The number of carbonyl (C=O) groups is 1. The number of nitrogens with zero attached hydrogens (tertiary/aromatic N) is 3. The van der Waals surface area contributed by atoms with Gasteiger partial charge in [-0.15, -0.1) is 11.3 Å². The number of pyridine rings is 1. The van der Waals surface area contributed by atoms with Gasteiger partial charge in [0.15, 0.2) is 11.5 Å². The van der Waals surface area contributed by atoms with Crippen molar-refractivity contribution in [3.05, 3.63) is 105 Å². The van der Waals surface area contributed by atoms with Crippen molar-refractivity contribution in [3.8, 4) is 11.5 Å². The molecule has 4 rings (SSSR count). The van der Waals surface area contributed by atoms with Crippen LogP contribution in [-0.2, 0) is 25.9 Å². The van der Waals surface area contributed by atoms with Crippen molar-refractivity contribution in [3.63, 3.8) is 0 Å². The molecule has 4 aromatic rings. The van der Waals surface area contributed by atoms with E-state index in [2.05, 4.69) is 57.4 Å². The zero-order valence-electron chi connectivity index (χ0n) is 22.1. The van der Waals surface area contributed by atoms with E-state index in [4.69, 9.17) is 9.47 Å². The number of methoxy groups -OCH3 is 2. The monoisotopic (exact) mass is 530 g/mol. The van der Waals surface area contributed by atoms with Crippen molar-refractivity contribution in [1.82, 2.24) is 20.2 Å². The first-order valence-corrected chi connectivity index (χ1v) is 13.5. The Bertz CT molecular complexity index is 1310. The standard InChI is InChI=1S/C30H34N4O3S/c1-22-7-9-24(10-8-22)19-34(17-14-23-11-12-27(36-2)28(18-23)37-3)20-29-33-26(21-38-29)30(35)32-16-13-25-6-4-5-15-31-25/h4-12,15,18,21H,13-14,16-17,19-20H2,1-3H3,(H,32,35). The Hall–Kier alpha value is -3.75. The minimum Gasteiger partial charge on any atom is -0.493 e. The Morgan fingerprint density at radius 2 is 1.74 bits per heavy atom. The van der Waals surface area contributed by atoms with E-state index in [0.717, 1.165) is 41.7 Å². The van der Waals surface area contributed by atoms with Crippen LogP contribution in [0.2, 0.25) is 0 Å². The maximum atomic E-state index is 12.7.